The lowest BCUT2D eigenvalue weighted by Gasteiger charge is -2.14. The summed E-state index contributed by atoms with van der Waals surface area (Å²) in [4.78, 5) is 4.22. The van der Waals surface area contributed by atoms with Crippen LogP contribution in [0.15, 0.2) is 30.6 Å². The zero-order valence-electron chi connectivity index (χ0n) is 10.9. The van der Waals surface area contributed by atoms with Crippen molar-refractivity contribution in [2.24, 2.45) is 0 Å². The van der Waals surface area contributed by atoms with E-state index < -0.39 is 11.9 Å². The molecule has 1 aromatic carbocycles. The molecule has 0 aliphatic heterocycles. The Morgan fingerprint density at radius 3 is 3.00 bits per heavy atom. The molecule has 5 heteroatoms. The van der Waals surface area contributed by atoms with Gasteiger partial charge in [-0.15, -0.1) is 0 Å². The summed E-state index contributed by atoms with van der Waals surface area (Å²) in [6.07, 6.45) is 4.03. The monoisotopic (exact) mass is 263 g/mol. The zero-order valence-corrected chi connectivity index (χ0v) is 10.9. The van der Waals surface area contributed by atoms with Gasteiger partial charge in [0.25, 0.3) is 0 Å². The molecular weight excluding hydrogens is 245 g/mol. The van der Waals surface area contributed by atoms with Crippen LogP contribution in [-0.2, 0) is 13.0 Å². The maximum atomic E-state index is 13.2. The van der Waals surface area contributed by atoms with Crippen LogP contribution in [0.2, 0.25) is 0 Å². The fourth-order valence-electron chi connectivity index (χ4n) is 2.09. The van der Waals surface area contributed by atoms with Crippen LogP contribution in [0.1, 0.15) is 30.8 Å². The lowest BCUT2D eigenvalue weighted by Crippen LogP contribution is -2.10. The van der Waals surface area contributed by atoms with Gasteiger partial charge in [0.05, 0.1) is 6.10 Å². The molecule has 1 atom stereocenters. The van der Waals surface area contributed by atoms with Crippen molar-refractivity contribution in [1.29, 1.82) is 0 Å². The average Bonchev–Trinajstić information content (AvgIpc) is 2.80. The first kappa shape index (κ1) is 13.5. The molecule has 2 rings (SSSR count). The molecule has 2 aromatic rings. The second-order valence-electron chi connectivity index (χ2n) is 4.53. The standard InChI is InChI=1S/C14H18FN3O/c1-2-6-18-7-5-17-14(18)9-13(19)11-8-10(15)3-4-12(11)16/h3-5,7-8,13,19H,2,6,9,16H2,1H3. The van der Waals surface area contributed by atoms with Crippen LogP contribution in [0.3, 0.4) is 0 Å². The summed E-state index contributed by atoms with van der Waals surface area (Å²) < 4.78 is 15.2. The molecule has 1 aromatic heterocycles. The van der Waals surface area contributed by atoms with Crippen molar-refractivity contribution in [1.82, 2.24) is 9.55 Å². The van der Waals surface area contributed by atoms with Crippen LogP contribution in [0.5, 0.6) is 0 Å². The highest BCUT2D eigenvalue weighted by Crippen LogP contribution is 2.24. The van der Waals surface area contributed by atoms with E-state index in [2.05, 4.69) is 11.9 Å². The van der Waals surface area contributed by atoms with Gasteiger partial charge in [0.1, 0.15) is 11.6 Å². The zero-order chi connectivity index (χ0) is 13.8. The lowest BCUT2D eigenvalue weighted by atomic mass is 10.0. The molecule has 0 spiro atoms. The molecule has 0 radical (unpaired) electrons. The van der Waals surface area contributed by atoms with Crippen molar-refractivity contribution >= 4 is 5.69 Å². The Morgan fingerprint density at radius 1 is 1.47 bits per heavy atom. The molecular formula is C14H18FN3O. The summed E-state index contributed by atoms with van der Waals surface area (Å²) in [6, 6.07) is 4.02. The van der Waals surface area contributed by atoms with Gasteiger partial charge in [-0.3, -0.25) is 0 Å². The number of aliphatic hydroxyl groups is 1. The summed E-state index contributed by atoms with van der Waals surface area (Å²) in [5.74, 6) is 0.373. The van der Waals surface area contributed by atoms with Gasteiger partial charge < -0.3 is 15.4 Å². The minimum absolute atomic E-state index is 0.320. The van der Waals surface area contributed by atoms with E-state index in [4.69, 9.17) is 5.73 Å². The molecule has 1 heterocycles. The average molecular weight is 263 g/mol. The topological polar surface area (TPSA) is 64.1 Å². The van der Waals surface area contributed by atoms with Gasteiger partial charge in [0, 0.05) is 36.6 Å². The number of aliphatic hydroxyl groups excluding tert-OH is 1. The number of nitrogen functional groups attached to an aromatic ring is 1. The van der Waals surface area contributed by atoms with Crippen LogP contribution >= 0.6 is 0 Å². The number of imidazole rings is 1. The van der Waals surface area contributed by atoms with E-state index >= 15 is 0 Å². The summed E-state index contributed by atoms with van der Waals surface area (Å²) in [6.45, 7) is 2.92. The first-order chi connectivity index (χ1) is 9.11. The third-order valence-electron chi connectivity index (χ3n) is 3.05. The van der Waals surface area contributed by atoms with Gasteiger partial charge in [-0.25, -0.2) is 9.37 Å². The molecule has 0 aliphatic carbocycles. The Hall–Kier alpha value is -1.88. The van der Waals surface area contributed by atoms with E-state index in [9.17, 15) is 9.50 Å². The molecule has 3 N–H and O–H groups in total. The Kier molecular flexibility index (Phi) is 4.16. The smallest absolute Gasteiger partial charge is 0.123 e. The Balaban J connectivity index is 2.18. The third kappa shape index (κ3) is 3.12. The summed E-state index contributed by atoms with van der Waals surface area (Å²) in [7, 11) is 0. The summed E-state index contributed by atoms with van der Waals surface area (Å²) in [5.41, 5.74) is 6.56. The highest BCUT2D eigenvalue weighted by molar-refractivity contribution is 5.48. The van der Waals surface area contributed by atoms with Crippen molar-refractivity contribution in [2.45, 2.75) is 32.4 Å². The number of nitrogens with zero attached hydrogens (tertiary/aromatic N) is 2. The molecule has 0 aliphatic rings. The van der Waals surface area contributed by atoms with Gasteiger partial charge >= 0.3 is 0 Å². The second-order valence-corrected chi connectivity index (χ2v) is 4.53. The number of nitrogens with two attached hydrogens (primary N) is 1. The molecule has 1 unspecified atom stereocenters. The predicted molar refractivity (Wildman–Crippen MR) is 72.0 cm³/mol. The second kappa shape index (κ2) is 5.84. The Bertz CT molecular complexity index is 553. The van der Waals surface area contributed by atoms with Crippen LogP contribution in [0.4, 0.5) is 10.1 Å². The molecule has 4 nitrogen and oxygen atoms in total. The largest absolute Gasteiger partial charge is 0.398 e. The predicted octanol–water partition coefficient (Wildman–Crippen LogP) is 2.29. The van der Waals surface area contributed by atoms with Gasteiger partial charge in [-0.05, 0) is 24.6 Å². The van der Waals surface area contributed by atoms with E-state index in [1.165, 1.54) is 18.2 Å². The molecule has 0 fully saturated rings. The van der Waals surface area contributed by atoms with Gasteiger partial charge in [-0.1, -0.05) is 6.92 Å². The Labute approximate surface area is 111 Å². The number of hydrogen-bond donors (Lipinski definition) is 2. The van der Waals surface area contributed by atoms with E-state index in [-0.39, 0.29) is 0 Å². The highest BCUT2D eigenvalue weighted by Gasteiger charge is 2.15. The van der Waals surface area contributed by atoms with Crippen LogP contribution < -0.4 is 5.73 Å². The molecule has 0 amide bonds. The van der Waals surface area contributed by atoms with Crippen molar-refractivity contribution in [3.8, 4) is 0 Å². The van der Waals surface area contributed by atoms with Crippen molar-refractivity contribution < 1.29 is 9.50 Å². The number of anilines is 1. The molecule has 0 saturated heterocycles. The van der Waals surface area contributed by atoms with E-state index in [0.29, 0.717) is 17.7 Å². The van der Waals surface area contributed by atoms with Crippen LogP contribution in [-0.4, -0.2) is 14.7 Å². The number of halogens is 1. The van der Waals surface area contributed by atoms with Crippen LogP contribution in [0.25, 0.3) is 0 Å². The van der Waals surface area contributed by atoms with E-state index in [0.717, 1.165) is 18.8 Å². The highest BCUT2D eigenvalue weighted by atomic mass is 19.1. The maximum absolute atomic E-state index is 13.2. The fraction of sp³-hybridized carbons (Fsp3) is 0.357. The molecule has 0 bridgehead atoms. The normalized spacial score (nSPS) is 12.6. The number of rotatable bonds is 5. The number of hydrogen-bond acceptors (Lipinski definition) is 3. The minimum atomic E-state index is -0.853. The summed E-state index contributed by atoms with van der Waals surface area (Å²) >= 11 is 0. The Morgan fingerprint density at radius 2 is 2.26 bits per heavy atom. The summed E-state index contributed by atoms with van der Waals surface area (Å²) in [5, 5.41) is 10.2. The third-order valence-corrected chi connectivity index (χ3v) is 3.05. The lowest BCUT2D eigenvalue weighted by molar-refractivity contribution is 0.174. The number of aromatic nitrogens is 2. The van der Waals surface area contributed by atoms with Crippen molar-refractivity contribution in [2.75, 3.05) is 5.73 Å². The quantitative estimate of drug-likeness (QED) is 0.813. The minimum Gasteiger partial charge on any atom is -0.398 e. The fourth-order valence-corrected chi connectivity index (χ4v) is 2.09. The van der Waals surface area contributed by atoms with Crippen molar-refractivity contribution in [3.63, 3.8) is 0 Å². The number of aryl methyl sites for hydroxylation is 1. The SMILES string of the molecule is CCCn1ccnc1CC(O)c1cc(F)ccc1N. The molecule has 102 valence electrons. The van der Waals surface area contributed by atoms with Crippen molar-refractivity contribution in [3.05, 3.63) is 47.8 Å². The van der Waals surface area contributed by atoms with E-state index in [1.54, 1.807) is 6.20 Å². The first-order valence-corrected chi connectivity index (χ1v) is 6.34. The molecule has 0 saturated carbocycles. The van der Waals surface area contributed by atoms with Gasteiger partial charge in [0.15, 0.2) is 0 Å². The van der Waals surface area contributed by atoms with E-state index in [1.807, 2.05) is 10.8 Å². The molecule has 19 heavy (non-hydrogen) atoms. The van der Waals surface area contributed by atoms with Gasteiger partial charge in [-0.2, -0.15) is 0 Å². The maximum Gasteiger partial charge on any atom is 0.123 e. The first-order valence-electron chi connectivity index (χ1n) is 6.34. The van der Waals surface area contributed by atoms with Crippen LogP contribution in [0, 0.1) is 5.82 Å². The number of benzene rings is 1. The van der Waals surface area contributed by atoms with Gasteiger partial charge in [0.2, 0.25) is 0 Å².